The van der Waals surface area contributed by atoms with Crippen molar-refractivity contribution in [1.82, 2.24) is 14.9 Å². The molecule has 1 saturated heterocycles. The summed E-state index contributed by atoms with van der Waals surface area (Å²) in [4.78, 5) is 6.39. The lowest BCUT2D eigenvalue weighted by molar-refractivity contribution is 0.474. The molecule has 1 N–H and O–H groups in total. The minimum Gasteiger partial charge on any atom is -0.467 e. The molecule has 0 amide bonds. The number of para-hydroxylation sites is 1. The summed E-state index contributed by atoms with van der Waals surface area (Å²) in [5, 5.41) is 3.83. The maximum atomic E-state index is 14.8. The fourth-order valence-electron chi connectivity index (χ4n) is 3.97. The van der Waals surface area contributed by atoms with Crippen LogP contribution < -0.4 is 10.2 Å². The van der Waals surface area contributed by atoms with Gasteiger partial charge in [0.05, 0.1) is 30.2 Å². The molecule has 5 nitrogen and oxygen atoms in total. The highest BCUT2D eigenvalue weighted by Gasteiger charge is 2.42. The van der Waals surface area contributed by atoms with Crippen LogP contribution in [0.5, 0.6) is 0 Å². The first-order valence-corrected chi connectivity index (χ1v) is 10.1. The van der Waals surface area contributed by atoms with Gasteiger partial charge in [0.2, 0.25) is 0 Å². The first-order chi connectivity index (χ1) is 14.7. The first-order valence-electron chi connectivity index (χ1n) is 9.65. The molecule has 1 aromatic carbocycles. The molecule has 4 aromatic rings. The monoisotopic (exact) mass is 418 g/mol. The molecule has 4 heterocycles. The number of hydrogen-bond acceptors (Lipinski definition) is 3. The molecule has 1 aliphatic rings. The van der Waals surface area contributed by atoms with Crippen molar-refractivity contribution in [2.75, 3.05) is 4.90 Å². The predicted octanol–water partition coefficient (Wildman–Crippen LogP) is 4.84. The molecule has 150 valence electrons. The molecular formula is C23H19FN4OS. The average Bonchev–Trinajstić information content (AvgIpc) is 3.50. The number of pyridine rings is 1. The maximum absolute atomic E-state index is 14.8. The lowest BCUT2D eigenvalue weighted by atomic mass is 10.0. The summed E-state index contributed by atoms with van der Waals surface area (Å²) in [6, 6.07) is 19.8. The summed E-state index contributed by atoms with van der Waals surface area (Å²) in [6.07, 6.45) is 5.41. The van der Waals surface area contributed by atoms with Crippen molar-refractivity contribution in [1.29, 1.82) is 0 Å². The zero-order valence-corrected chi connectivity index (χ0v) is 16.8. The molecule has 0 aliphatic carbocycles. The molecule has 7 heteroatoms. The van der Waals surface area contributed by atoms with Crippen LogP contribution in [0.4, 0.5) is 10.1 Å². The van der Waals surface area contributed by atoms with Gasteiger partial charge in [-0.05, 0) is 60.7 Å². The van der Waals surface area contributed by atoms with Crippen molar-refractivity contribution in [3.63, 3.8) is 0 Å². The second kappa shape index (κ2) is 7.76. The zero-order valence-electron chi connectivity index (χ0n) is 16.0. The fraction of sp³-hybridized carbons (Fsp3) is 0.130. The molecule has 0 bridgehead atoms. The molecule has 3 aromatic heterocycles. The topological polar surface area (TPSA) is 46.2 Å². The van der Waals surface area contributed by atoms with Gasteiger partial charge < -0.3 is 19.2 Å². The van der Waals surface area contributed by atoms with Crippen molar-refractivity contribution in [2.24, 2.45) is 0 Å². The Bertz CT molecular complexity index is 1160. The number of nitrogens with one attached hydrogen (secondary N) is 1. The van der Waals surface area contributed by atoms with E-state index in [0.717, 1.165) is 17.1 Å². The Morgan fingerprint density at radius 3 is 2.67 bits per heavy atom. The van der Waals surface area contributed by atoms with Gasteiger partial charge in [0.15, 0.2) is 5.11 Å². The number of nitrogens with zero attached hydrogens (tertiary/aromatic N) is 3. The molecule has 5 rings (SSSR count). The normalized spacial score (nSPS) is 18.6. The van der Waals surface area contributed by atoms with Gasteiger partial charge in [-0.3, -0.25) is 4.98 Å². The predicted molar refractivity (Wildman–Crippen MR) is 117 cm³/mol. The van der Waals surface area contributed by atoms with Gasteiger partial charge in [0, 0.05) is 18.1 Å². The Morgan fingerprint density at radius 2 is 1.90 bits per heavy atom. The highest BCUT2D eigenvalue weighted by atomic mass is 32.1. The lowest BCUT2D eigenvalue weighted by Crippen LogP contribution is -2.31. The van der Waals surface area contributed by atoms with Crippen LogP contribution in [0.2, 0.25) is 0 Å². The fourth-order valence-corrected chi connectivity index (χ4v) is 4.31. The number of furan rings is 1. The smallest absolute Gasteiger partial charge is 0.174 e. The van der Waals surface area contributed by atoms with Crippen LogP contribution in [0, 0.1) is 5.82 Å². The third-order valence-electron chi connectivity index (χ3n) is 5.28. The number of thiocarbonyl (C=S) groups is 1. The standard InChI is InChI=1S/C23H19FN4OS/c24-17-8-1-2-10-19(17)28-22(21(26-23(28)30)18-9-3-4-12-25-18)20-11-5-13-27(20)15-16-7-6-14-29-16/h1-14,21-22H,15H2,(H,26,30)/t21-,22+/m0/s1. The number of benzene rings is 1. The summed E-state index contributed by atoms with van der Waals surface area (Å²) in [7, 11) is 0. The van der Waals surface area contributed by atoms with Crippen LogP contribution >= 0.6 is 12.2 Å². The van der Waals surface area contributed by atoms with Crippen LogP contribution in [-0.2, 0) is 6.54 Å². The van der Waals surface area contributed by atoms with E-state index in [2.05, 4.69) is 14.9 Å². The molecule has 1 fully saturated rings. The summed E-state index contributed by atoms with van der Waals surface area (Å²) >= 11 is 5.66. The van der Waals surface area contributed by atoms with E-state index in [9.17, 15) is 4.39 Å². The third-order valence-corrected chi connectivity index (χ3v) is 5.60. The molecule has 30 heavy (non-hydrogen) atoms. The first kappa shape index (κ1) is 18.6. The molecule has 0 saturated carbocycles. The van der Waals surface area contributed by atoms with Gasteiger partial charge in [0.25, 0.3) is 0 Å². The SMILES string of the molecule is Fc1ccccc1N1C(=S)N[C@@H](c2ccccn2)[C@H]1c1cccn1Cc1ccco1. The second-order valence-corrected chi connectivity index (χ2v) is 7.48. The quantitative estimate of drug-likeness (QED) is 0.470. The van der Waals surface area contributed by atoms with Gasteiger partial charge in [0.1, 0.15) is 17.6 Å². The van der Waals surface area contributed by atoms with Gasteiger partial charge >= 0.3 is 0 Å². The molecule has 0 unspecified atom stereocenters. The van der Waals surface area contributed by atoms with E-state index in [4.69, 9.17) is 16.6 Å². The summed E-state index contributed by atoms with van der Waals surface area (Å²) in [5.41, 5.74) is 2.26. The highest BCUT2D eigenvalue weighted by Crippen LogP contribution is 2.42. The lowest BCUT2D eigenvalue weighted by Gasteiger charge is -2.29. The molecular weight excluding hydrogens is 399 g/mol. The van der Waals surface area contributed by atoms with Crippen LogP contribution in [0.1, 0.15) is 29.2 Å². The minimum absolute atomic E-state index is 0.233. The number of anilines is 1. The molecule has 2 atom stereocenters. The van der Waals surface area contributed by atoms with E-state index in [1.807, 2.05) is 59.6 Å². The van der Waals surface area contributed by atoms with Crippen molar-refractivity contribution in [3.05, 3.63) is 108 Å². The molecule has 0 radical (unpaired) electrons. The Morgan fingerprint density at radius 1 is 1.03 bits per heavy atom. The summed E-state index contributed by atoms with van der Waals surface area (Å²) in [6.45, 7) is 0.568. The minimum atomic E-state index is -0.322. The van der Waals surface area contributed by atoms with Gasteiger partial charge in [-0.1, -0.05) is 18.2 Å². The Hall–Kier alpha value is -3.45. The number of hydrogen-bond donors (Lipinski definition) is 1. The van der Waals surface area contributed by atoms with Gasteiger partial charge in [-0.25, -0.2) is 4.39 Å². The second-order valence-electron chi connectivity index (χ2n) is 7.09. The van der Waals surface area contributed by atoms with Crippen molar-refractivity contribution in [3.8, 4) is 0 Å². The van der Waals surface area contributed by atoms with Crippen LogP contribution in [0.3, 0.4) is 0 Å². The number of rotatable bonds is 5. The van der Waals surface area contributed by atoms with Crippen molar-refractivity contribution >= 4 is 23.0 Å². The Balaban J connectivity index is 1.63. The Labute approximate surface area is 178 Å². The van der Waals surface area contributed by atoms with E-state index in [1.54, 1.807) is 24.6 Å². The molecule has 1 aliphatic heterocycles. The summed E-state index contributed by atoms with van der Waals surface area (Å²) in [5.74, 6) is 0.519. The van der Waals surface area contributed by atoms with E-state index in [1.165, 1.54) is 6.07 Å². The van der Waals surface area contributed by atoms with E-state index in [-0.39, 0.29) is 17.9 Å². The zero-order chi connectivity index (χ0) is 20.5. The van der Waals surface area contributed by atoms with E-state index < -0.39 is 0 Å². The number of halogens is 1. The average molecular weight is 418 g/mol. The Kier molecular flexibility index (Phi) is 4.80. The molecule has 0 spiro atoms. The third kappa shape index (κ3) is 3.27. The van der Waals surface area contributed by atoms with Gasteiger partial charge in [-0.15, -0.1) is 0 Å². The van der Waals surface area contributed by atoms with E-state index >= 15 is 0 Å². The van der Waals surface area contributed by atoms with Crippen LogP contribution in [-0.4, -0.2) is 14.7 Å². The maximum Gasteiger partial charge on any atom is 0.174 e. The van der Waals surface area contributed by atoms with Crippen molar-refractivity contribution < 1.29 is 8.81 Å². The highest BCUT2D eigenvalue weighted by molar-refractivity contribution is 7.80. The van der Waals surface area contributed by atoms with Crippen molar-refractivity contribution in [2.45, 2.75) is 18.6 Å². The van der Waals surface area contributed by atoms with Crippen LogP contribution in [0.25, 0.3) is 0 Å². The van der Waals surface area contributed by atoms with E-state index in [0.29, 0.717) is 17.3 Å². The largest absolute Gasteiger partial charge is 0.467 e. The summed E-state index contributed by atoms with van der Waals surface area (Å²) < 4.78 is 22.4. The van der Waals surface area contributed by atoms with Crippen LogP contribution in [0.15, 0.2) is 89.8 Å². The van der Waals surface area contributed by atoms with Gasteiger partial charge in [-0.2, -0.15) is 0 Å². The number of aromatic nitrogens is 2.